The molecule has 1 heterocycles. The Balaban J connectivity index is 1.59. The molecule has 2 saturated carbocycles. The van der Waals surface area contributed by atoms with Crippen molar-refractivity contribution in [1.82, 2.24) is 4.90 Å². The van der Waals surface area contributed by atoms with Crippen LogP contribution in [0.25, 0.3) is 0 Å². The summed E-state index contributed by atoms with van der Waals surface area (Å²) in [5, 5.41) is 0. The number of hydrogen-bond donors (Lipinski definition) is 1. The number of nitrogens with zero attached hydrogens (tertiary/aromatic N) is 1. The van der Waals surface area contributed by atoms with Gasteiger partial charge in [0.2, 0.25) is 5.91 Å². The summed E-state index contributed by atoms with van der Waals surface area (Å²) < 4.78 is 0. The van der Waals surface area contributed by atoms with Crippen LogP contribution in [-0.2, 0) is 11.8 Å². The Labute approximate surface area is 151 Å². The van der Waals surface area contributed by atoms with Crippen molar-refractivity contribution in [3.05, 3.63) is 34.9 Å². The molecule has 1 amide bonds. The summed E-state index contributed by atoms with van der Waals surface area (Å²) in [5.41, 5.74) is 9.56. The fraction of sp³-hybridized carbons (Fsp3) is 0.682. The van der Waals surface area contributed by atoms with Gasteiger partial charge in [0, 0.05) is 23.1 Å². The maximum atomic E-state index is 11.8. The minimum Gasteiger partial charge on any atom is -0.366 e. The van der Waals surface area contributed by atoms with Crippen LogP contribution in [0.2, 0.25) is 0 Å². The molecule has 4 unspecified atom stereocenters. The average molecular weight is 338 g/mol. The summed E-state index contributed by atoms with van der Waals surface area (Å²) in [6.45, 7) is 3.71. The van der Waals surface area contributed by atoms with Crippen molar-refractivity contribution in [3.63, 3.8) is 0 Å². The first kappa shape index (κ1) is 15.9. The first-order chi connectivity index (χ1) is 12.1. The number of carbonyl (C=O) groups is 1. The molecule has 134 valence electrons. The van der Waals surface area contributed by atoms with Gasteiger partial charge < -0.3 is 5.73 Å². The third kappa shape index (κ3) is 2.31. The van der Waals surface area contributed by atoms with E-state index in [0.29, 0.717) is 17.0 Å². The van der Waals surface area contributed by atoms with Crippen LogP contribution in [0.15, 0.2) is 18.2 Å². The summed E-state index contributed by atoms with van der Waals surface area (Å²) in [5.74, 6) is 1.43. The summed E-state index contributed by atoms with van der Waals surface area (Å²) >= 11 is 0. The van der Waals surface area contributed by atoms with Gasteiger partial charge in [-0.2, -0.15) is 0 Å². The molecular weight excluding hydrogens is 308 g/mol. The van der Waals surface area contributed by atoms with Crippen LogP contribution in [0, 0.1) is 11.8 Å². The highest BCUT2D eigenvalue weighted by Gasteiger charge is 2.55. The second kappa shape index (κ2) is 5.57. The Morgan fingerprint density at radius 1 is 1.24 bits per heavy atom. The van der Waals surface area contributed by atoms with E-state index in [4.69, 9.17) is 5.73 Å². The first-order valence-corrected chi connectivity index (χ1v) is 10.3. The zero-order valence-electron chi connectivity index (χ0n) is 15.3. The molecule has 1 aromatic rings. The first-order valence-electron chi connectivity index (χ1n) is 10.3. The zero-order chi connectivity index (χ0) is 17.2. The molecule has 1 saturated heterocycles. The van der Waals surface area contributed by atoms with Crippen molar-refractivity contribution in [2.24, 2.45) is 17.6 Å². The number of amides is 1. The number of benzene rings is 1. The van der Waals surface area contributed by atoms with E-state index in [9.17, 15) is 4.79 Å². The van der Waals surface area contributed by atoms with E-state index in [1.807, 2.05) is 6.07 Å². The lowest BCUT2D eigenvalue weighted by molar-refractivity contribution is -0.0343. The largest absolute Gasteiger partial charge is 0.366 e. The summed E-state index contributed by atoms with van der Waals surface area (Å²) in [4.78, 5) is 14.6. The van der Waals surface area contributed by atoms with Gasteiger partial charge in [-0.05, 0) is 87.1 Å². The predicted molar refractivity (Wildman–Crippen MR) is 99.6 cm³/mol. The minimum absolute atomic E-state index is 0.284. The number of hydrogen-bond acceptors (Lipinski definition) is 2. The topological polar surface area (TPSA) is 46.3 Å². The maximum Gasteiger partial charge on any atom is 0.248 e. The van der Waals surface area contributed by atoms with Gasteiger partial charge in [-0.15, -0.1) is 0 Å². The van der Waals surface area contributed by atoms with Crippen molar-refractivity contribution in [2.75, 3.05) is 6.54 Å². The van der Waals surface area contributed by atoms with Crippen molar-refractivity contribution in [1.29, 1.82) is 0 Å². The van der Waals surface area contributed by atoms with E-state index in [0.717, 1.165) is 24.3 Å². The van der Waals surface area contributed by atoms with Gasteiger partial charge in [0.25, 0.3) is 0 Å². The number of fused-ring (bicyclic) bond motifs is 1. The lowest BCUT2D eigenvalue weighted by atomic mass is 9.52. The van der Waals surface area contributed by atoms with Crippen LogP contribution >= 0.6 is 0 Å². The molecular formula is C22H30N2O. The van der Waals surface area contributed by atoms with Gasteiger partial charge >= 0.3 is 0 Å². The van der Waals surface area contributed by atoms with Gasteiger partial charge in [0.05, 0.1) is 0 Å². The van der Waals surface area contributed by atoms with Crippen molar-refractivity contribution in [2.45, 2.75) is 75.8 Å². The molecule has 0 spiro atoms. The number of primary amides is 1. The van der Waals surface area contributed by atoms with Crippen molar-refractivity contribution in [3.8, 4) is 0 Å². The van der Waals surface area contributed by atoms with E-state index in [1.165, 1.54) is 62.6 Å². The van der Waals surface area contributed by atoms with Crippen LogP contribution in [0.3, 0.4) is 0 Å². The standard InChI is InChI=1S/C22H30N2O/c1-14(15-5-6-15)24-11-10-22-9-3-2-4-18(22)20(24)13-16-7-8-17(21(23)25)12-19(16)22/h7-8,12,14-15,18,20H,2-6,9-11,13H2,1H3,(H2,23,25). The Morgan fingerprint density at radius 3 is 2.84 bits per heavy atom. The summed E-state index contributed by atoms with van der Waals surface area (Å²) in [6, 6.07) is 7.77. The van der Waals surface area contributed by atoms with Crippen molar-refractivity contribution < 1.29 is 4.79 Å². The normalized spacial score (nSPS) is 35.6. The van der Waals surface area contributed by atoms with E-state index in [1.54, 1.807) is 0 Å². The summed E-state index contributed by atoms with van der Waals surface area (Å²) in [6.07, 6.45) is 10.7. The highest BCUT2D eigenvalue weighted by Crippen LogP contribution is 2.56. The molecule has 3 fully saturated rings. The monoisotopic (exact) mass is 338 g/mol. The van der Waals surface area contributed by atoms with Gasteiger partial charge in [0.1, 0.15) is 0 Å². The highest BCUT2D eigenvalue weighted by atomic mass is 16.1. The average Bonchev–Trinajstić information content (AvgIpc) is 3.46. The van der Waals surface area contributed by atoms with Crippen LogP contribution in [0.5, 0.6) is 0 Å². The quantitative estimate of drug-likeness (QED) is 0.914. The van der Waals surface area contributed by atoms with E-state index in [-0.39, 0.29) is 5.91 Å². The number of rotatable bonds is 3. The molecule has 2 N–H and O–H groups in total. The highest BCUT2D eigenvalue weighted by molar-refractivity contribution is 5.93. The molecule has 3 aliphatic carbocycles. The van der Waals surface area contributed by atoms with E-state index >= 15 is 0 Å². The van der Waals surface area contributed by atoms with E-state index < -0.39 is 0 Å². The maximum absolute atomic E-state index is 11.8. The van der Waals surface area contributed by atoms with Crippen molar-refractivity contribution >= 4 is 5.91 Å². The van der Waals surface area contributed by atoms with Gasteiger partial charge in [-0.1, -0.05) is 18.9 Å². The SMILES string of the molecule is CC(C1CC1)N1CCC23CCCCC2C1Cc1ccc(C(N)=O)cc13. The van der Waals surface area contributed by atoms with Crippen LogP contribution in [0.1, 0.15) is 73.4 Å². The number of piperidine rings is 1. The number of likely N-dealkylation sites (tertiary alicyclic amines) is 1. The van der Waals surface area contributed by atoms with Crippen LogP contribution in [0.4, 0.5) is 0 Å². The minimum atomic E-state index is -0.284. The summed E-state index contributed by atoms with van der Waals surface area (Å²) in [7, 11) is 0. The second-order valence-corrected chi connectivity index (χ2v) is 9.08. The fourth-order valence-corrected chi connectivity index (χ4v) is 6.54. The molecule has 1 aromatic carbocycles. The van der Waals surface area contributed by atoms with E-state index in [2.05, 4.69) is 24.0 Å². The predicted octanol–water partition coefficient (Wildman–Crippen LogP) is 3.64. The fourth-order valence-electron chi connectivity index (χ4n) is 6.54. The Bertz CT molecular complexity index is 710. The van der Waals surface area contributed by atoms with Crippen LogP contribution in [-0.4, -0.2) is 29.4 Å². The molecule has 25 heavy (non-hydrogen) atoms. The van der Waals surface area contributed by atoms with Gasteiger partial charge in [-0.3, -0.25) is 9.69 Å². The third-order valence-corrected chi connectivity index (χ3v) is 7.99. The zero-order valence-corrected chi connectivity index (χ0v) is 15.3. The molecule has 0 aromatic heterocycles. The molecule has 1 aliphatic heterocycles. The third-order valence-electron chi connectivity index (χ3n) is 7.99. The lowest BCUT2D eigenvalue weighted by Crippen LogP contribution is -2.63. The molecule has 3 heteroatoms. The van der Waals surface area contributed by atoms with Crippen LogP contribution < -0.4 is 5.73 Å². The molecule has 0 radical (unpaired) electrons. The Kier molecular flexibility index (Phi) is 3.54. The Morgan fingerprint density at radius 2 is 2.08 bits per heavy atom. The molecule has 4 atom stereocenters. The molecule has 3 nitrogen and oxygen atoms in total. The van der Waals surface area contributed by atoms with Gasteiger partial charge in [-0.25, -0.2) is 0 Å². The van der Waals surface area contributed by atoms with Gasteiger partial charge in [0.15, 0.2) is 0 Å². The number of carbonyl (C=O) groups excluding carboxylic acids is 1. The smallest absolute Gasteiger partial charge is 0.248 e. The molecule has 2 bridgehead atoms. The molecule has 5 rings (SSSR count). The molecule has 4 aliphatic rings. The second-order valence-electron chi connectivity index (χ2n) is 9.08. The number of nitrogens with two attached hydrogens (primary N) is 1. The lowest BCUT2D eigenvalue weighted by Gasteiger charge is -2.60. The Hall–Kier alpha value is -1.35.